The van der Waals surface area contributed by atoms with E-state index in [4.69, 9.17) is 4.84 Å². The van der Waals surface area contributed by atoms with Crippen LogP contribution in [0.3, 0.4) is 0 Å². The standard InChI is InChI=1S/C33H30N2O4/c1-5-35-29-16-14-23(32(37)26-13-9-7-11-21(26)3)18-27(29)28-19-24(15-17-30(28)35)33(38)31(34-39-22(4)36)25-12-8-6-10-20(25)2/h6-19,33,38H,5H2,1-4H3. The largest absolute Gasteiger partial charge is 0.382 e. The second kappa shape index (κ2) is 10.7. The Morgan fingerprint density at radius 1 is 0.846 bits per heavy atom. The van der Waals surface area contributed by atoms with Crippen LogP contribution in [0, 0.1) is 13.8 Å². The van der Waals surface area contributed by atoms with E-state index in [1.807, 2.05) is 98.8 Å². The van der Waals surface area contributed by atoms with Gasteiger partial charge in [0, 0.05) is 52.0 Å². The van der Waals surface area contributed by atoms with Crippen LogP contribution >= 0.6 is 0 Å². The molecule has 1 heterocycles. The number of oxime groups is 1. The normalized spacial score (nSPS) is 12.6. The van der Waals surface area contributed by atoms with Gasteiger partial charge in [0.1, 0.15) is 11.8 Å². The van der Waals surface area contributed by atoms with Gasteiger partial charge < -0.3 is 14.5 Å². The highest BCUT2D eigenvalue weighted by molar-refractivity contribution is 6.15. The number of carbonyl (C=O) groups is 2. The van der Waals surface area contributed by atoms with Crippen LogP contribution in [-0.2, 0) is 16.2 Å². The summed E-state index contributed by atoms with van der Waals surface area (Å²) >= 11 is 0. The first-order valence-electron chi connectivity index (χ1n) is 13.0. The molecule has 0 bridgehead atoms. The quantitative estimate of drug-likeness (QED) is 0.113. The molecule has 1 aromatic heterocycles. The number of aliphatic hydroxyl groups excluding tert-OH is 1. The van der Waals surface area contributed by atoms with Crippen molar-refractivity contribution in [3.05, 3.63) is 118 Å². The highest BCUT2D eigenvalue weighted by Crippen LogP contribution is 2.33. The number of benzene rings is 4. The Kier molecular flexibility index (Phi) is 7.13. The Morgan fingerprint density at radius 2 is 1.44 bits per heavy atom. The molecule has 0 radical (unpaired) electrons. The number of hydrogen-bond donors (Lipinski definition) is 1. The molecule has 1 atom stereocenters. The Bertz CT molecular complexity index is 1760. The van der Waals surface area contributed by atoms with Gasteiger partial charge in [0.25, 0.3) is 0 Å². The van der Waals surface area contributed by atoms with Gasteiger partial charge in [0.05, 0.1) is 0 Å². The SMILES string of the molecule is CCn1c2ccc(C(=O)c3ccccc3C)cc2c2cc(C(O)C(=NOC(C)=O)c3ccccc3C)ccc21. The lowest BCUT2D eigenvalue weighted by atomic mass is 9.94. The molecule has 0 saturated heterocycles. The van der Waals surface area contributed by atoms with E-state index in [9.17, 15) is 14.7 Å². The van der Waals surface area contributed by atoms with Gasteiger partial charge in [-0.1, -0.05) is 59.8 Å². The molecule has 1 unspecified atom stereocenters. The number of nitrogens with zero attached hydrogens (tertiary/aromatic N) is 2. The number of rotatable bonds is 7. The highest BCUT2D eigenvalue weighted by Gasteiger charge is 2.22. The first kappa shape index (κ1) is 26.1. The zero-order chi connectivity index (χ0) is 27.7. The van der Waals surface area contributed by atoms with Gasteiger partial charge >= 0.3 is 5.97 Å². The smallest absolute Gasteiger partial charge is 0.331 e. The van der Waals surface area contributed by atoms with Crippen molar-refractivity contribution in [2.24, 2.45) is 5.16 Å². The van der Waals surface area contributed by atoms with Gasteiger partial charge in [-0.25, -0.2) is 4.79 Å². The summed E-state index contributed by atoms with van der Waals surface area (Å²) in [6, 6.07) is 26.6. The van der Waals surface area contributed by atoms with Crippen molar-refractivity contribution in [1.29, 1.82) is 0 Å². The zero-order valence-electron chi connectivity index (χ0n) is 22.4. The van der Waals surface area contributed by atoms with E-state index < -0.39 is 12.1 Å². The second-order valence-corrected chi connectivity index (χ2v) is 9.67. The minimum absolute atomic E-state index is 0.0288. The van der Waals surface area contributed by atoms with Crippen LogP contribution in [0.4, 0.5) is 0 Å². The maximum absolute atomic E-state index is 13.4. The summed E-state index contributed by atoms with van der Waals surface area (Å²) in [6.45, 7) is 7.94. The lowest BCUT2D eigenvalue weighted by Gasteiger charge is -2.16. The topological polar surface area (TPSA) is 80.9 Å². The molecule has 39 heavy (non-hydrogen) atoms. The number of aromatic nitrogens is 1. The molecule has 5 rings (SSSR count). The van der Waals surface area contributed by atoms with Gasteiger partial charge in [-0.2, -0.15) is 0 Å². The first-order chi connectivity index (χ1) is 18.8. The Labute approximate surface area is 227 Å². The number of ketones is 1. The first-order valence-corrected chi connectivity index (χ1v) is 13.0. The Balaban J connectivity index is 1.65. The average molecular weight is 519 g/mol. The van der Waals surface area contributed by atoms with E-state index >= 15 is 0 Å². The van der Waals surface area contributed by atoms with Crippen molar-refractivity contribution in [2.45, 2.75) is 40.3 Å². The average Bonchev–Trinajstić information content (AvgIpc) is 3.25. The molecule has 6 nitrogen and oxygen atoms in total. The molecule has 4 aromatic carbocycles. The summed E-state index contributed by atoms with van der Waals surface area (Å²) in [6.07, 6.45) is -1.15. The molecule has 0 spiro atoms. The van der Waals surface area contributed by atoms with Crippen LogP contribution in [-0.4, -0.2) is 27.1 Å². The Morgan fingerprint density at radius 3 is 2.05 bits per heavy atom. The predicted molar refractivity (Wildman–Crippen MR) is 154 cm³/mol. The van der Waals surface area contributed by atoms with Crippen molar-refractivity contribution in [1.82, 2.24) is 4.57 Å². The van der Waals surface area contributed by atoms with E-state index in [1.54, 1.807) is 0 Å². The molecule has 6 heteroatoms. The number of aliphatic hydroxyl groups is 1. The lowest BCUT2D eigenvalue weighted by Crippen LogP contribution is -2.16. The van der Waals surface area contributed by atoms with Crippen LogP contribution < -0.4 is 0 Å². The molecular weight excluding hydrogens is 488 g/mol. The molecule has 0 aliphatic rings. The maximum atomic E-state index is 13.4. The van der Waals surface area contributed by atoms with Gasteiger partial charge in [-0.05, 0) is 67.8 Å². The van der Waals surface area contributed by atoms with E-state index in [2.05, 4.69) is 16.6 Å². The third-order valence-corrected chi connectivity index (χ3v) is 7.13. The summed E-state index contributed by atoms with van der Waals surface area (Å²) in [5.41, 5.74) is 6.65. The summed E-state index contributed by atoms with van der Waals surface area (Å²) in [4.78, 5) is 29.9. The molecule has 0 saturated carbocycles. The van der Waals surface area contributed by atoms with Gasteiger partial charge in [-0.15, -0.1) is 0 Å². The van der Waals surface area contributed by atoms with Crippen molar-refractivity contribution in [3.63, 3.8) is 0 Å². The second-order valence-electron chi connectivity index (χ2n) is 9.67. The van der Waals surface area contributed by atoms with Crippen molar-refractivity contribution in [2.75, 3.05) is 0 Å². The summed E-state index contributed by atoms with van der Waals surface area (Å²) < 4.78 is 2.19. The molecule has 0 fully saturated rings. The van der Waals surface area contributed by atoms with Crippen molar-refractivity contribution < 1.29 is 19.5 Å². The molecule has 0 aliphatic heterocycles. The molecular formula is C33H30N2O4. The van der Waals surface area contributed by atoms with Crippen LogP contribution in [0.25, 0.3) is 21.8 Å². The predicted octanol–water partition coefficient (Wildman–Crippen LogP) is 6.66. The molecule has 0 amide bonds. The fourth-order valence-corrected chi connectivity index (χ4v) is 5.13. The Hall–Kier alpha value is -4.55. The zero-order valence-corrected chi connectivity index (χ0v) is 22.4. The summed E-state index contributed by atoms with van der Waals surface area (Å²) in [5.74, 6) is -0.598. The van der Waals surface area contributed by atoms with E-state index in [0.29, 0.717) is 22.3 Å². The fraction of sp³-hybridized carbons (Fsp3) is 0.182. The van der Waals surface area contributed by atoms with Gasteiger partial charge in [-0.3, -0.25) is 4.79 Å². The number of carbonyl (C=O) groups excluding carboxylic acids is 2. The van der Waals surface area contributed by atoms with Crippen LogP contribution in [0.15, 0.2) is 90.1 Å². The van der Waals surface area contributed by atoms with Crippen LogP contribution in [0.2, 0.25) is 0 Å². The van der Waals surface area contributed by atoms with Crippen molar-refractivity contribution in [3.8, 4) is 0 Å². The van der Waals surface area contributed by atoms with E-state index in [-0.39, 0.29) is 11.5 Å². The number of hydrogen-bond acceptors (Lipinski definition) is 5. The fourth-order valence-electron chi connectivity index (χ4n) is 5.13. The number of fused-ring (bicyclic) bond motifs is 3. The van der Waals surface area contributed by atoms with Crippen molar-refractivity contribution >= 4 is 39.3 Å². The number of aryl methyl sites for hydroxylation is 3. The molecule has 196 valence electrons. The van der Waals surface area contributed by atoms with Crippen LogP contribution in [0.5, 0.6) is 0 Å². The van der Waals surface area contributed by atoms with E-state index in [1.165, 1.54) is 6.92 Å². The minimum atomic E-state index is -1.15. The minimum Gasteiger partial charge on any atom is -0.382 e. The maximum Gasteiger partial charge on any atom is 0.331 e. The highest BCUT2D eigenvalue weighted by atomic mass is 16.7. The van der Waals surface area contributed by atoms with Gasteiger partial charge in [0.2, 0.25) is 0 Å². The molecule has 1 N–H and O–H groups in total. The van der Waals surface area contributed by atoms with E-state index in [0.717, 1.165) is 39.5 Å². The van der Waals surface area contributed by atoms with Crippen LogP contribution in [0.1, 0.15) is 58.1 Å². The summed E-state index contributed by atoms with van der Waals surface area (Å²) in [7, 11) is 0. The third kappa shape index (κ3) is 4.87. The summed E-state index contributed by atoms with van der Waals surface area (Å²) in [5, 5.41) is 17.4. The molecule has 5 aromatic rings. The molecule has 0 aliphatic carbocycles. The third-order valence-electron chi connectivity index (χ3n) is 7.13. The van der Waals surface area contributed by atoms with Gasteiger partial charge in [0.15, 0.2) is 5.78 Å². The monoisotopic (exact) mass is 518 g/mol. The lowest BCUT2D eigenvalue weighted by molar-refractivity contribution is -0.141.